The Bertz CT molecular complexity index is 1680. The molecule has 1 heterocycles. The van der Waals surface area contributed by atoms with Crippen molar-refractivity contribution in [3.63, 3.8) is 0 Å². The lowest BCUT2D eigenvalue weighted by atomic mass is 9.43. The number of carbonyl (C=O) groups excluding carboxylic acids is 4. The highest BCUT2D eigenvalue weighted by Gasteiger charge is 2.83. The number of hydrogen-bond acceptors (Lipinski definition) is 10. The zero-order valence-corrected chi connectivity index (χ0v) is 27.5. The highest BCUT2D eigenvalue weighted by molar-refractivity contribution is 5.90. The molecule has 1 N–H and O–H groups in total. The Morgan fingerprint density at radius 3 is 1.81 bits per heavy atom. The number of para-hydroxylation sites is 2. The molecule has 3 aromatic carbocycles. The second-order valence-electron chi connectivity index (χ2n) is 13.7. The van der Waals surface area contributed by atoms with Crippen LogP contribution < -0.4 is 9.47 Å². The second-order valence-corrected chi connectivity index (χ2v) is 13.7. The lowest BCUT2D eigenvalue weighted by molar-refractivity contribution is -0.295. The van der Waals surface area contributed by atoms with Crippen molar-refractivity contribution in [2.24, 2.45) is 29.1 Å². The predicted octanol–water partition coefficient (Wildman–Crippen LogP) is 5.17. The van der Waals surface area contributed by atoms with E-state index in [-0.39, 0.29) is 23.5 Å². The Morgan fingerprint density at radius 2 is 1.27 bits per heavy atom. The van der Waals surface area contributed by atoms with Crippen molar-refractivity contribution in [3.05, 3.63) is 96.6 Å². The van der Waals surface area contributed by atoms with Gasteiger partial charge in [-0.05, 0) is 62.6 Å². The van der Waals surface area contributed by atoms with Crippen molar-refractivity contribution in [2.75, 3.05) is 0 Å². The van der Waals surface area contributed by atoms with Crippen LogP contribution in [-0.4, -0.2) is 58.5 Å². The number of aliphatic hydroxyl groups is 1. The van der Waals surface area contributed by atoms with Crippen molar-refractivity contribution < 1.29 is 48.0 Å². The Morgan fingerprint density at radius 1 is 0.750 bits per heavy atom. The summed E-state index contributed by atoms with van der Waals surface area (Å²) in [5.74, 6) is -6.67. The largest absolute Gasteiger partial charge is 0.459 e. The molecule has 3 aliphatic rings. The van der Waals surface area contributed by atoms with Crippen LogP contribution in [0.2, 0.25) is 0 Å². The standard InChI is InChI=1S/C38H40O10/c1-22-21-27(40)31(47-33(41)24-15-9-6-10-16-24)37(5)30(35(43)46-26-19-13-8-14-20-26)28(34(42)45-25-17-11-7-12-18-25)29-32(44-23(2)39)38(22,37)48-36(29,3)4/h6-20,22,27-32,40H,21H2,1-5H3/t22-,27+,28-,29-,30+,31+,32-,37-,38-/m1/s1. The smallest absolute Gasteiger partial charge is 0.338 e. The zero-order chi connectivity index (χ0) is 34.4. The van der Waals surface area contributed by atoms with E-state index in [2.05, 4.69) is 0 Å². The zero-order valence-electron chi connectivity index (χ0n) is 27.5. The fourth-order valence-corrected chi connectivity index (χ4v) is 8.74. The van der Waals surface area contributed by atoms with Crippen molar-refractivity contribution in [3.8, 4) is 11.5 Å². The molecule has 1 aliphatic heterocycles. The quantitative estimate of drug-likeness (QED) is 0.268. The predicted molar refractivity (Wildman–Crippen MR) is 172 cm³/mol. The van der Waals surface area contributed by atoms with Crippen LogP contribution in [0.25, 0.3) is 0 Å². The minimum absolute atomic E-state index is 0.0858. The van der Waals surface area contributed by atoms with Crippen LogP contribution in [0.4, 0.5) is 0 Å². The number of benzene rings is 3. The van der Waals surface area contributed by atoms with Crippen LogP contribution in [0.3, 0.4) is 0 Å². The summed E-state index contributed by atoms with van der Waals surface area (Å²) in [7, 11) is 0. The van der Waals surface area contributed by atoms with Gasteiger partial charge < -0.3 is 28.8 Å². The van der Waals surface area contributed by atoms with Crippen molar-refractivity contribution >= 4 is 23.9 Å². The third kappa shape index (κ3) is 5.37. The molecule has 2 bridgehead atoms. The van der Waals surface area contributed by atoms with Gasteiger partial charge in [-0.25, -0.2) is 4.79 Å². The molecule has 3 fully saturated rings. The van der Waals surface area contributed by atoms with E-state index in [0.29, 0.717) is 0 Å². The van der Waals surface area contributed by atoms with E-state index >= 15 is 0 Å². The molecular weight excluding hydrogens is 616 g/mol. The van der Waals surface area contributed by atoms with Crippen LogP contribution in [0, 0.1) is 29.1 Å². The Hall–Kier alpha value is -4.54. The molecule has 10 nitrogen and oxygen atoms in total. The molecule has 252 valence electrons. The molecule has 0 amide bonds. The molecule has 48 heavy (non-hydrogen) atoms. The minimum atomic E-state index is -1.70. The van der Waals surface area contributed by atoms with E-state index in [1.807, 2.05) is 6.92 Å². The average Bonchev–Trinajstić information content (AvgIpc) is 3.24. The number of esters is 4. The Balaban J connectivity index is 1.59. The van der Waals surface area contributed by atoms with E-state index in [4.69, 9.17) is 23.7 Å². The van der Waals surface area contributed by atoms with Gasteiger partial charge in [-0.1, -0.05) is 68.4 Å². The molecule has 2 aliphatic carbocycles. The molecule has 1 saturated heterocycles. The summed E-state index contributed by atoms with van der Waals surface area (Å²) in [6.45, 7) is 8.32. The van der Waals surface area contributed by atoms with Crippen LogP contribution >= 0.6 is 0 Å². The highest BCUT2D eigenvalue weighted by atomic mass is 16.6. The van der Waals surface area contributed by atoms with Gasteiger partial charge >= 0.3 is 23.9 Å². The van der Waals surface area contributed by atoms with Gasteiger partial charge in [0.1, 0.15) is 29.3 Å². The van der Waals surface area contributed by atoms with Gasteiger partial charge in [0.15, 0.2) is 0 Å². The number of ether oxygens (including phenoxy) is 5. The van der Waals surface area contributed by atoms with Gasteiger partial charge in [-0.15, -0.1) is 0 Å². The lowest BCUT2D eigenvalue weighted by Gasteiger charge is -2.63. The summed E-state index contributed by atoms with van der Waals surface area (Å²) in [4.78, 5) is 55.9. The monoisotopic (exact) mass is 656 g/mol. The number of fused-ring (bicyclic) bond motifs is 1. The maximum atomic E-state index is 14.7. The third-order valence-electron chi connectivity index (χ3n) is 10.5. The summed E-state index contributed by atoms with van der Waals surface area (Å²) < 4.78 is 31.2. The van der Waals surface area contributed by atoms with E-state index in [1.165, 1.54) is 6.92 Å². The van der Waals surface area contributed by atoms with E-state index in [1.54, 1.807) is 112 Å². The summed E-state index contributed by atoms with van der Waals surface area (Å²) >= 11 is 0. The van der Waals surface area contributed by atoms with Gasteiger partial charge in [0.05, 0.1) is 34.5 Å². The van der Waals surface area contributed by atoms with Crippen molar-refractivity contribution in [1.82, 2.24) is 0 Å². The normalized spacial score (nSPS) is 33.1. The minimum Gasteiger partial charge on any atom is -0.459 e. The first-order valence-electron chi connectivity index (χ1n) is 16.2. The second kappa shape index (κ2) is 12.5. The molecule has 2 saturated carbocycles. The van der Waals surface area contributed by atoms with Crippen LogP contribution in [0.5, 0.6) is 11.5 Å². The third-order valence-corrected chi connectivity index (χ3v) is 10.5. The summed E-state index contributed by atoms with van der Waals surface area (Å²) in [6, 6.07) is 25.1. The SMILES string of the molecule is CC(=O)O[C@@H]1[C@H]2[C@@H](C(=O)Oc3ccccc3)[C@@H](C(=O)Oc3ccccc3)[C@]3(C)[C@@H](OC(=O)c4ccccc4)[C@@H](O)C[C@@H](C)[C@@]13OC2(C)C. The van der Waals surface area contributed by atoms with Gasteiger partial charge in [0.25, 0.3) is 0 Å². The summed E-state index contributed by atoms with van der Waals surface area (Å²) in [5.41, 5.74) is -4.17. The van der Waals surface area contributed by atoms with Crippen LogP contribution in [0.1, 0.15) is 51.4 Å². The molecule has 9 atom stereocenters. The maximum Gasteiger partial charge on any atom is 0.338 e. The van der Waals surface area contributed by atoms with Crippen LogP contribution in [-0.2, 0) is 28.6 Å². The first-order valence-corrected chi connectivity index (χ1v) is 16.2. The van der Waals surface area contributed by atoms with Crippen molar-refractivity contribution in [1.29, 1.82) is 0 Å². The molecular formula is C38H40O10. The topological polar surface area (TPSA) is 135 Å². The van der Waals surface area contributed by atoms with Crippen molar-refractivity contribution in [2.45, 2.75) is 70.6 Å². The van der Waals surface area contributed by atoms with E-state index in [9.17, 15) is 24.3 Å². The number of hydrogen-bond donors (Lipinski definition) is 1. The molecule has 3 aromatic rings. The van der Waals surface area contributed by atoms with Crippen LogP contribution in [0.15, 0.2) is 91.0 Å². The van der Waals surface area contributed by atoms with Gasteiger partial charge in [0.2, 0.25) is 0 Å². The number of rotatable bonds is 7. The fourth-order valence-electron chi connectivity index (χ4n) is 8.74. The van der Waals surface area contributed by atoms with Gasteiger partial charge in [0, 0.05) is 12.8 Å². The maximum absolute atomic E-state index is 14.7. The van der Waals surface area contributed by atoms with Gasteiger partial charge in [-0.3, -0.25) is 14.4 Å². The molecule has 0 unspecified atom stereocenters. The molecule has 6 rings (SSSR count). The van der Waals surface area contributed by atoms with E-state index in [0.717, 1.165) is 0 Å². The Labute approximate surface area is 279 Å². The lowest BCUT2D eigenvalue weighted by Crippen LogP contribution is -2.77. The summed E-state index contributed by atoms with van der Waals surface area (Å²) in [5, 5.41) is 11.8. The van der Waals surface area contributed by atoms with E-state index < -0.39 is 82.5 Å². The molecule has 0 aromatic heterocycles. The fraction of sp³-hybridized carbons (Fsp3) is 0.421. The molecule has 10 heteroatoms. The highest BCUT2D eigenvalue weighted by Crippen LogP contribution is 2.70. The number of carbonyl (C=O) groups is 4. The number of aliphatic hydroxyl groups excluding tert-OH is 1. The average molecular weight is 657 g/mol. The Kier molecular flexibility index (Phi) is 8.68. The van der Waals surface area contributed by atoms with Gasteiger partial charge in [-0.2, -0.15) is 0 Å². The molecule has 0 radical (unpaired) electrons. The first kappa shape index (κ1) is 33.4. The first-order chi connectivity index (χ1) is 22.8. The molecule has 1 spiro atoms. The summed E-state index contributed by atoms with van der Waals surface area (Å²) in [6.07, 6.45) is -3.70.